The summed E-state index contributed by atoms with van der Waals surface area (Å²) in [5, 5.41) is 8.25. The number of thioether (sulfide) groups is 1. The Morgan fingerprint density at radius 3 is 2.19 bits per heavy atom. The lowest BCUT2D eigenvalue weighted by atomic mass is 10.2. The standard InChI is InChI=1S/C22H17N3O4S2/c26-20(16-7-3-1-4-8-16)15-30-22-24-23-21(29-22)17-11-13-18(14-12-17)25-31(27,28)19-9-5-2-6-10-19/h1-14,25H,15H2. The molecule has 0 saturated heterocycles. The maximum Gasteiger partial charge on any atom is 0.277 e. The van der Waals surface area contributed by atoms with Gasteiger partial charge in [0, 0.05) is 16.8 Å². The molecule has 0 amide bonds. The summed E-state index contributed by atoms with van der Waals surface area (Å²) in [6.07, 6.45) is 0. The van der Waals surface area contributed by atoms with Gasteiger partial charge in [0.15, 0.2) is 5.78 Å². The lowest BCUT2D eigenvalue weighted by Crippen LogP contribution is -2.12. The van der Waals surface area contributed by atoms with E-state index in [4.69, 9.17) is 4.42 Å². The SMILES string of the molecule is O=C(CSc1nnc(-c2ccc(NS(=O)(=O)c3ccccc3)cc2)o1)c1ccccc1. The van der Waals surface area contributed by atoms with E-state index >= 15 is 0 Å². The number of carbonyl (C=O) groups excluding carboxylic acids is 1. The molecule has 0 atom stereocenters. The van der Waals surface area contributed by atoms with Crippen LogP contribution < -0.4 is 4.72 Å². The van der Waals surface area contributed by atoms with Crippen LogP contribution in [-0.2, 0) is 10.0 Å². The minimum absolute atomic E-state index is 0.0274. The van der Waals surface area contributed by atoms with E-state index in [1.807, 2.05) is 18.2 Å². The molecular weight excluding hydrogens is 434 g/mol. The van der Waals surface area contributed by atoms with Crippen molar-refractivity contribution in [3.63, 3.8) is 0 Å². The third kappa shape index (κ3) is 5.19. The smallest absolute Gasteiger partial charge is 0.277 e. The van der Waals surface area contributed by atoms with E-state index in [1.54, 1.807) is 54.6 Å². The number of anilines is 1. The zero-order valence-corrected chi connectivity index (χ0v) is 17.8. The zero-order chi connectivity index (χ0) is 21.7. The first kappa shape index (κ1) is 20.8. The summed E-state index contributed by atoms with van der Waals surface area (Å²) in [5.74, 6) is 0.443. The van der Waals surface area contributed by atoms with Gasteiger partial charge in [-0.2, -0.15) is 0 Å². The zero-order valence-electron chi connectivity index (χ0n) is 16.1. The Balaban J connectivity index is 1.40. The summed E-state index contributed by atoms with van der Waals surface area (Å²) >= 11 is 1.17. The van der Waals surface area contributed by atoms with Crippen LogP contribution in [0.3, 0.4) is 0 Å². The molecule has 0 unspecified atom stereocenters. The molecule has 0 bridgehead atoms. The second-order valence-corrected chi connectivity index (χ2v) is 9.06. The van der Waals surface area contributed by atoms with Gasteiger partial charge >= 0.3 is 0 Å². The number of hydrogen-bond donors (Lipinski definition) is 1. The highest BCUT2D eigenvalue weighted by molar-refractivity contribution is 7.99. The number of rotatable bonds is 8. The van der Waals surface area contributed by atoms with Crippen molar-refractivity contribution >= 4 is 33.3 Å². The third-order valence-corrected chi connectivity index (χ3v) is 6.48. The molecule has 4 aromatic rings. The molecule has 0 aliphatic heterocycles. The van der Waals surface area contributed by atoms with Gasteiger partial charge in [0.25, 0.3) is 15.2 Å². The molecule has 0 aliphatic rings. The molecule has 0 saturated carbocycles. The van der Waals surface area contributed by atoms with Gasteiger partial charge in [-0.15, -0.1) is 10.2 Å². The van der Waals surface area contributed by atoms with Crippen LogP contribution in [0.15, 0.2) is 99.5 Å². The summed E-state index contributed by atoms with van der Waals surface area (Å²) in [5.41, 5.74) is 1.68. The van der Waals surface area contributed by atoms with Crippen LogP contribution in [0.1, 0.15) is 10.4 Å². The molecule has 4 rings (SSSR count). The largest absolute Gasteiger partial charge is 0.411 e. The minimum atomic E-state index is -3.66. The van der Waals surface area contributed by atoms with Gasteiger partial charge in [-0.3, -0.25) is 9.52 Å². The Bertz CT molecular complexity index is 1270. The molecule has 0 spiro atoms. The molecule has 9 heteroatoms. The highest BCUT2D eigenvalue weighted by Crippen LogP contribution is 2.25. The van der Waals surface area contributed by atoms with Crippen LogP contribution in [0.5, 0.6) is 0 Å². The topological polar surface area (TPSA) is 102 Å². The van der Waals surface area contributed by atoms with Crippen molar-refractivity contribution in [3.05, 3.63) is 90.5 Å². The number of hydrogen-bond acceptors (Lipinski definition) is 7. The van der Waals surface area contributed by atoms with Gasteiger partial charge in [0.2, 0.25) is 5.89 Å². The first-order valence-corrected chi connectivity index (χ1v) is 11.7. The molecule has 7 nitrogen and oxygen atoms in total. The molecule has 0 fully saturated rings. The molecule has 0 radical (unpaired) electrons. The van der Waals surface area contributed by atoms with E-state index < -0.39 is 10.0 Å². The number of carbonyl (C=O) groups is 1. The molecule has 1 N–H and O–H groups in total. The molecular formula is C22H17N3O4S2. The second kappa shape index (κ2) is 9.15. The number of nitrogens with one attached hydrogen (secondary N) is 1. The first-order valence-electron chi connectivity index (χ1n) is 9.24. The van der Waals surface area contributed by atoms with Crippen LogP contribution >= 0.6 is 11.8 Å². The number of sulfonamides is 1. The molecule has 156 valence electrons. The fourth-order valence-corrected chi connectivity index (χ4v) is 4.45. The highest BCUT2D eigenvalue weighted by atomic mass is 32.2. The van der Waals surface area contributed by atoms with E-state index in [-0.39, 0.29) is 27.5 Å². The van der Waals surface area contributed by atoms with Crippen molar-refractivity contribution in [1.29, 1.82) is 0 Å². The van der Waals surface area contributed by atoms with Crippen molar-refractivity contribution in [2.45, 2.75) is 10.1 Å². The normalized spacial score (nSPS) is 11.2. The van der Waals surface area contributed by atoms with E-state index in [0.717, 1.165) is 0 Å². The average Bonchev–Trinajstić information content (AvgIpc) is 3.28. The lowest BCUT2D eigenvalue weighted by Gasteiger charge is -2.08. The van der Waals surface area contributed by atoms with Crippen molar-refractivity contribution in [1.82, 2.24) is 10.2 Å². The van der Waals surface area contributed by atoms with Gasteiger partial charge in [-0.1, -0.05) is 60.3 Å². The summed E-state index contributed by atoms with van der Waals surface area (Å²) in [6, 6.07) is 23.7. The quantitative estimate of drug-likeness (QED) is 0.310. The Morgan fingerprint density at radius 1 is 0.871 bits per heavy atom. The summed E-state index contributed by atoms with van der Waals surface area (Å²) in [7, 11) is -3.66. The van der Waals surface area contributed by atoms with Gasteiger partial charge in [0.1, 0.15) is 0 Å². The van der Waals surface area contributed by atoms with Gasteiger partial charge < -0.3 is 4.42 Å². The van der Waals surface area contributed by atoms with Gasteiger partial charge in [-0.05, 0) is 36.4 Å². The average molecular weight is 452 g/mol. The Labute approximate surface area is 183 Å². The monoisotopic (exact) mass is 451 g/mol. The highest BCUT2D eigenvalue weighted by Gasteiger charge is 2.15. The number of Topliss-reactive ketones (excluding diaryl/α,β-unsaturated/α-hetero) is 1. The lowest BCUT2D eigenvalue weighted by molar-refractivity contribution is 0.102. The molecule has 1 aromatic heterocycles. The summed E-state index contributed by atoms with van der Waals surface area (Å²) < 4.78 is 33.0. The second-order valence-electron chi connectivity index (χ2n) is 6.45. The summed E-state index contributed by atoms with van der Waals surface area (Å²) in [6.45, 7) is 0. The Hall–Kier alpha value is -3.43. The molecule has 3 aromatic carbocycles. The number of nitrogens with zero attached hydrogens (tertiary/aromatic N) is 2. The molecule has 1 heterocycles. The van der Waals surface area contributed by atoms with Crippen LogP contribution in [-0.4, -0.2) is 30.2 Å². The summed E-state index contributed by atoms with van der Waals surface area (Å²) in [4.78, 5) is 12.4. The predicted molar refractivity (Wildman–Crippen MR) is 118 cm³/mol. The van der Waals surface area contributed by atoms with E-state index in [1.165, 1.54) is 23.9 Å². The fraction of sp³-hybridized carbons (Fsp3) is 0.0455. The number of aromatic nitrogens is 2. The van der Waals surface area contributed by atoms with Crippen molar-refractivity contribution < 1.29 is 17.6 Å². The van der Waals surface area contributed by atoms with Crippen molar-refractivity contribution in [2.24, 2.45) is 0 Å². The van der Waals surface area contributed by atoms with Crippen LogP contribution in [0.4, 0.5) is 5.69 Å². The van der Waals surface area contributed by atoms with E-state index in [9.17, 15) is 13.2 Å². The maximum atomic E-state index is 12.4. The van der Waals surface area contributed by atoms with E-state index in [2.05, 4.69) is 14.9 Å². The fourth-order valence-electron chi connectivity index (χ4n) is 2.71. The van der Waals surface area contributed by atoms with Crippen LogP contribution in [0, 0.1) is 0 Å². The molecule has 31 heavy (non-hydrogen) atoms. The van der Waals surface area contributed by atoms with E-state index in [0.29, 0.717) is 16.8 Å². The van der Waals surface area contributed by atoms with Gasteiger partial charge in [-0.25, -0.2) is 8.42 Å². The third-order valence-electron chi connectivity index (χ3n) is 4.27. The molecule has 0 aliphatic carbocycles. The number of benzene rings is 3. The van der Waals surface area contributed by atoms with Crippen LogP contribution in [0.25, 0.3) is 11.5 Å². The van der Waals surface area contributed by atoms with Crippen molar-refractivity contribution in [2.75, 3.05) is 10.5 Å². The van der Waals surface area contributed by atoms with Crippen molar-refractivity contribution in [3.8, 4) is 11.5 Å². The minimum Gasteiger partial charge on any atom is -0.411 e. The number of ketones is 1. The Morgan fingerprint density at radius 2 is 1.52 bits per heavy atom. The van der Waals surface area contributed by atoms with Crippen LogP contribution in [0.2, 0.25) is 0 Å². The van der Waals surface area contributed by atoms with Gasteiger partial charge in [0.05, 0.1) is 10.6 Å². The first-order chi connectivity index (χ1) is 15.0. The predicted octanol–water partition coefficient (Wildman–Crippen LogP) is 4.51. The Kier molecular flexibility index (Phi) is 6.15. The maximum absolute atomic E-state index is 12.4.